The first-order chi connectivity index (χ1) is 15.7. The van der Waals surface area contributed by atoms with Gasteiger partial charge in [-0.25, -0.2) is 4.98 Å². The second-order valence-electron chi connectivity index (χ2n) is 8.92. The summed E-state index contributed by atoms with van der Waals surface area (Å²) in [6, 6.07) is 11.9. The first-order valence-electron chi connectivity index (χ1n) is 10.4. The number of halogens is 1. The summed E-state index contributed by atoms with van der Waals surface area (Å²) in [6.07, 6.45) is 1.34. The number of nitriles is 1. The Labute approximate surface area is 195 Å². The molecule has 1 fully saturated rings. The van der Waals surface area contributed by atoms with Crippen molar-refractivity contribution in [1.82, 2.24) is 19.8 Å². The van der Waals surface area contributed by atoms with Gasteiger partial charge in [-0.15, -0.1) is 0 Å². The number of likely N-dealkylation sites (tertiary alicyclic amines) is 1. The number of carbonyl (C=O) groups excluding carboxylic acids is 2. The van der Waals surface area contributed by atoms with Crippen molar-refractivity contribution in [3.05, 3.63) is 74.7 Å². The van der Waals surface area contributed by atoms with E-state index in [9.17, 15) is 19.6 Å². The fourth-order valence-electron chi connectivity index (χ4n) is 3.91. The summed E-state index contributed by atoms with van der Waals surface area (Å²) < 4.78 is 1.21. The van der Waals surface area contributed by atoms with Crippen molar-refractivity contribution in [2.45, 2.75) is 26.9 Å². The lowest BCUT2D eigenvalue weighted by Crippen LogP contribution is -2.56. The number of fused-ring (bicyclic) bond motifs is 1. The molecule has 8 nitrogen and oxygen atoms in total. The van der Waals surface area contributed by atoms with Crippen LogP contribution in [0.4, 0.5) is 0 Å². The topological polar surface area (TPSA) is 108 Å². The van der Waals surface area contributed by atoms with Gasteiger partial charge < -0.3 is 10.2 Å². The van der Waals surface area contributed by atoms with E-state index in [2.05, 4.69) is 24.1 Å². The normalized spacial score (nSPS) is 14.4. The number of amides is 2. The molecule has 3 heterocycles. The molecule has 2 aromatic heterocycles. The maximum atomic E-state index is 13.2. The van der Waals surface area contributed by atoms with Crippen LogP contribution in [0.25, 0.3) is 11.0 Å². The summed E-state index contributed by atoms with van der Waals surface area (Å²) in [6.45, 7) is 5.30. The molecule has 1 aliphatic rings. The van der Waals surface area contributed by atoms with Crippen molar-refractivity contribution in [3.8, 4) is 6.07 Å². The second kappa shape index (κ2) is 8.68. The van der Waals surface area contributed by atoms with Gasteiger partial charge in [-0.2, -0.15) is 5.26 Å². The van der Waals surface area contributed by atoms with E-state index in [4.69, 9.17) is 11.6 Å². The fraction of sp³-hybridized carbons (Fsp3) is 0.292. The minimum atomic E-state index is -0.610. The zero-order valence-electron chi connectivity index (χ0n) is 18.3. The van der Waals surface area contributed by atoms with Gasteiger partial charge in [0.1, 0.15) is 23.8 Å². The number of aromatic nitrogens is 2. The van der Waals surface area contributed by atoms with Crippen LogP contribution in [0.5, 0.6) is 0 Å². The minimum absolute atomic E-state index is 0.0477. The maximum Gasteiger partial charge on any atom is 0.265 e. The molecule has 0 unspecified atom stereocenters. The molecule has 0 spiro atoms. The number of rotatable bonds is 5. The standard InChI is InChI=1S/C24H22ClN5O3/c1-24(2)13-29(14-24)20(31)12-30-21-17(7-16(9-26)11-27-21)8-19(23(30)33)22(32)28-10-15-3-5-18(25)6-4-15/h3-8,11H,10,12-14H2,1-2H3,(H,28,32). The molecule has 1 N–H and O–H groups in total. The van der Waals surface area contributed by atoms with Crippen molar-refractivity contribution >= 4 is 34.4 Å². The third kappa shape index (κ3) is 4.73. The Morgan fingerprint density at radius 2 is 1.91 bits per heavy atom. The summed E-state index contributed by atoms with van der Waals surface area (Å²) >= 11 is 5.89. The number of carbonyl (C=O) groups is 2. The number of nitrogens with zero attached hydrogens (tertiary/aromatic N) is 4. The molecule has 168 valence electrons. The van der Waals surface area contributed by atoms with Gasteiger partial charge >= 0.3 is 0 Å². The van der Waals surface area contributed by atoms with Crippen LogP contribution >= 0.6 is 11.6 Å². The van der Waals surface area contributed by atoms with Gasteiger partial charge in [0.2, 0.25) is 5.91 Å². The van der Waals surface area contributed by atoms with Crippen LogP contribution in [-0.4, -0.2) is 39.4 Å². The molecule has 0 bridgehead atoms. The molecule has 0 aliphatic carbocycles. The first-order valence-corrected chi connectivity index (χ1v) is 10.8. The largest absolute Gasteiger partial charge is 0.348 e. The summed E-state index contributed by atoms with van der Waals surface area (Å²) in [7, 11) is 0. The molecule has 1 saturated heterocycles. The highest BCUT2D eigenvalue weighted by Gasteiger charge is 2.37. The van der Waals surface area contributed by atoms with E-state index in [1.54, 1.807) is 35.2 Å². The van der Waals surface area contributed by atoms with Gasteiger partial charge in [0.05, 0.1) is 5.56 Å². The van der Waals surface area contributed by atoms with Gasteiger partial charge in [0.15, 0.2) is 0 Å². The number of benzene rings is 1. The van der Waals surface area contributed by atoms with Gasteiger partial charge in [-0.1, -0.05) is 37.6 Å². The van der Waals surface area contributed by atoms with Crippen LogP contribution in [0.3, 0.4) is 0 Å². The Bertz CT molecular complexity index is 1350. The summed E-state index contributed by atoms with van der Waals surface area (Å²) in [5, 5.41) is 13.0. The highest BCUT2D eigenvalue weighted by atomic mass is 35.5. The van der Waals surface area contributed by atoms with Crippen molar-refractivity contribution in [2.75, 3.05) is 13.1 Å². The van der Waals surface area contributed by atoms with Crippen LogP contribution in [0, 0.1) is 16.7 Å². The lowest BCUT2D eigenvalue weighted by molar-refractivity contribution is -0.142. The van der Waals surface area contributed by atoms with E-state index in [1.165, 1.54) is 16.8 Å². The third-order valence-electron chi connectivity index (χ3n) is 5.55. The highest BCUT2D eigenvalue weighted by Crippen LogP contribution is 2.28. The summed E-state index contributed by atoms with van der Waals surface area (Å²) in [5.74, 6) is -0.798. The number of hydrogen-bond acceptors (Lipinski definition) is 5. The van der Waals surface area contributed by atoms with Crippen molar-refractivity contribution in [2.24, 2.45) is 5.41 Å². The second-order valence-corrected chi connectivity index (χ2v) is 9.36. The van der Waals surface area contributed by atoms with E-state index < -0.39 is 11.5 Å². The molecular weight excluding hydrogens is 442 g/mol. The maximum absolute atomic E-state index is 13.2. The van der Waals surface area contributed by atoms with Gasteiger partial charge in [-0.05, 0) is 35.2 Å². The first kappa shape index (κ1) is 22.5. The van der Waals surface area contributed by atoms with Crippen LogP contribution in [0.1, 0.15) is 35.3 Å². The van der Waals surface area contributed by atoms with Gasteiger partial charge in [0, 0.05) is 36.2 Å². The Kier molecular flexibility index (Phi) is 5.91. The molecule has 9 heteroatoms. The van der Waals surface area contributed by atoms with Crippen LogP contribution in [0.15, 0.2) is 47.4 Å². The fourth-order valence-corrected chi connectivity index (χ4v) is 4.04. The number of nitrogens with one attached hydrogen (secondary N) is 1. The zero-order chi connectivity index (χ0) is 23.8. The molecule has 0 radical (unpaired) electrons. The van der Waals surface area contributed by atoms with E-state index >= 15 is 0 Å². The average molecular weight is 464 g/mol. The number of pyridine rings is 2. The lowest BCUT2D eigenvalue weighted by atomic mass is 9.84. The SMILES string of the molecule is CC1(C)CN(C(=O)Cn2c(=O)c(C(=O)NCc3ccc(Cl)cc3)cc3cc(C#N)cnc32)C1. The van der Waals surface area contributed by atoms with Gasteiger partial charge in [0.25, 0.3) is 11.5 Å². The van der Waals surface area contributed by atoms with Crippen LogP contribution in [-0.2, 0) is 17.9 Å². The molecular formula is C24H22ClN5O3. The van der Waals surface area contributed by atoms with Crippen molar-refractivity contribution < 1.29 is 9.59 Å². The van der Waals surface area contributed by atoms with Crippen LogP contribution < -0.4 is 10.9 Å². The molecule has 2 amide bonds. The summed E-state index contributed by atoms with van der Waals surface area (Å²) in [4.78, 5) is 44.8. The third-order valence-corrected chi connectivity index (χ3v) is 5.80. The van der Waals surface area contributed by atoms with E-state index in [-0.39, 0.29) is 41.2 Å². The zero-order valence-corrected chi connectivity index (χ0v) is 19.0. The van der Waals surface area contributed by atoms with Crippen LogP contribution in [0.2, 0.25) is 5.02 Å². The Balaban J connectivity index is 1.67. The molecule has 3 aromatic rings. The van der Waals surface area contributed by atoms with Gasteiger partial charge in [-0.3, -0.25) is 19.0 Å². The molecule has 4 rings (SSSR count). The molecule has 33 heavy (non-hydrogen) atoms. The summed E-state index contributed by atoms with van der Waals surface area (Å²) in [5.41, 5.74) is 0.674. The molecule has 0 saturated carbocycles. The average Bonchev–Trinajstić information content (AvgIpc) is 2.78. The van der Waals surface area contributed by atoms with E-state index in [1.807, 2.05) is 6.07 Å². The predicted octanol–water partition coefficient (Wildman–Crippen LogP) is 2.72. The lowest BCUT2D eigenvalue weighted by Gasteiger charge is -2.45. The van der Waals surface area contributed by atoms with Crippen molar-refractivity contribution in [3.63, 3.8) is 0 Å². The minimum Gasteiger partial charge on any atom is -0.348 e. The molecule has 0 atom stereocenters. The molecule has 1 aliphatic heterocycles. The number of hydrogen-bond donors (Lipinski definition) is 1. The Morgan fingerprint density at radius 1 is 1.21 bits per heavy atom. The highest BCUT2D eigenvalue weighted by molar-refractivity contribution is 6.30. The quantitative estimate of drug-likeness (QED) is 0.625. The Morgan fingerprint density at radius 3 is 2.55 bits per heavy atom. The van der Waals surface area contributed by atoms with E-state index in [0.717, 1.165) is 5.56 Å². The van der Waals surface area contributed by atoms with E-state index in [0.29, 0.717) is 23.5 Å². The molecule has 1 aromatic carbocycles. The Hall–Kier alpha value is -3.70. The predicted molar refractivity (Wildman–Crippen MR) is 124 cm³/mol. The smallest absolute Gasteiger partial charge is 0.265 e. The van der Waals surface area contributed by atoms with Crippen molar-refractivity contribution in [1.29, 1.82) is 5.26 Å². The monoisotopic (exact) mass is 463 g/mol.